The maximum Gasteiger partial charge on any atom is 0.309 e. The summed E-state index contributed by atoms with van der Waals surface area (Å²) in [4.78, 5) is 22.8. The first-order valence-electron chi connectivity index (χ1n) is 8.12. The first-order valence-corrected chi connectivity index (χ1v) is 8.12. The standard InChI is InChI=1S/C17H17FN6O3/c1-11-15(24(26)27)9-19-23(11)12(2)17(25)20-16-7-8-22(21-16)10-13-3-5-14(18)6-4-13/h3-9,12H,10H2,1-2H3,(H,20,21,25). The zero-order chi connectivity index (χ0) is 19.6. The number of hydrogen-bond donors (Lipinski definition) is 1. The maximum absolute atomic E-state index is 12.9. The number of carbonyl (C=O) groups excluding carboxylic acids is 1. The summed E-state index contributed by atoms with van der Waals surface area (Å²) in [7, 11) is 0. The molecule has 0 fully saturated rings. The predicted molar refractivity (Wildman–Crippen MR) is 94.7 cm³/mol. The van der Waals surface area contributed by atoms with Crippen LogP contribution in [0.25, 0.3) is 0 Å². The zero-order valence-corrected chi connectivity index (χ0v) is 14.7. The van der Waals surface area contributed by atoms with Crippen molar-refractivity contribution in [2.75, 3.05) is 5.32 Å². The number of benzene rings is 1. The second kappa shape index (κ2) is 7.36. The van der Waals surface area contributed by atoms with Crippen molar-refractivity contribution >= 4 is 17.4 Å². The normalized spacial score (nSPS) is 12.0. The van der Waals surface area contributed by atoms with Crippen LogP contribution in [-0.2, 0) is 11.3 Å². The number of nitro groups is 1. The Hall–Kier alpha value is -3.56. The summed E-state index contributed by atoms with van der Waals surface area (Å²) in [6.07, 6.45) is 2.81. The first kappa shape index (κ1) is 18.2. The molecule has 1 atom stereocenters. The van der Waals surface area contributed by atoms with Gasteiger partial charge in [-0.25, -0.2) is 4.39 Å². The van der Waals surface area contributed by atoms with Crippen molar-refractivity contribution in [1.82, 2.24) is 19.6 Å². The summed E-state index contributed by atoms with van der Waals surface area (Å²) in [5.41, 5.74) is 1.02. The van der Waals surface area contributed by atoms with Gasteiger partial charge < -0.3 is 5.32 Å². The molecule has 10 heteroatoms. The third-order valence-electron chi connectivity index (χ3n) is 4.11. The van der Waals surface area contributed by atoms with Crippen LogP contribution in [0.4, 0.5) is 15.9 Å². The topological polar surface area (TPSA) is 108 Å². The molecule has 9 nitrogen and oxygen atoms in total. The van der Waals surface area contributed by atoms with E-state index in [-0.39, 0.29) is 11.5 Å². The van der Waals surface area contributed by atoms with Crippen LogP contribution in [0.5, 0.6) is 0 Å². The molecule has 3 rings (SSSR count). The highest BCUT2D eigenvalue weighted by Crippen LogP contribution is 2.20. The molecule has 3 aromatic rings. The van der Waals surface area contributed by atoms with E-state index in [1.165, 1.54) is 23.7 Å². The average Bonchev–Trinajstić information content (AvgIpc) is 3.22. The molecule has 1 aromatic carbocycles. The number of nitrogens with one attached hydrogen (secondary N) is 1. The van der Waals surface area contributed by atoms with Gasteiger partial charge >= 0.3 is 5.69 Å². The Kier molecular flexibility index (Phi) is 4.97. The summed E-state index contributed by atoms with van der Waals surface area (Å²) in [6.45, 7) is 3.55. The molecule has 0 radical (unpaired) electrons. The van der Waals surface area contributed by atoms with E-state index < -0.39 is 16.9 Å². The van der Waals surface area contributed by atoms with E-state index >= 15 is 0 Å². The summed E-state index contributed by atoms with van der Waals surface area (Å²) in [5, 5.41) is 21.7. The number of rotatable bonds is 6. The molecule has 0 saturated carbocycles. The Balaban J connectivity index is 1.66. The number of amides is 1. The van der Waals surface area contributed by atoms with Gasteiger partial charge in [-0.3, -0.25) is 24.3 Å². The van der Waals surface area contributed by atoms with Gasteiger partial charge in [0, 0.05) is 12.3 Å². The summed E-state index contributed by atoms with van der Waals surface area (Å²) < 4.78 is 15.9. The van der Waals surface area contributed by atoms with Crippen molar-refractivity contribution in [2.45, 2.75) is 26.4 Å². The quantitative estimate of drug-likeness (QED) is 0.529. The lowest BCUT2D eigenvalue weighted by Crippen LogP contribution is -2.25. The second-order valence-corrected chi connectivity index (χ2v) is 6.01. The number of halogens is 1. The number of nitrogens with zero attached hydrogens (tertiary/aromatic N) is 5. The van der Waals surface area contributed by atoms with Gasteiger partial charge in [-0.2, -0.15) is 10.2 Å². The highest BCUT2D eigenvalue weighted by Gasteiger charge is 2.24. The highest BCUT2D eigenvalue weighted by molar-refractivity contribution is 5.92. The summed E-state index contributed by atoms with van der Waals surface area (Å²) in [6, 6.07) is 6.94. The molecule has 1 unspecified atom stereocenters. The van der Waals surface area contributed by atoms with Crippen LogP contribution in [0.15, 0.2) is 42.7 Å². The zero-order valence-electron chi connectivity index (χ0n) is 14.7. The Morgan fingerprint density at radius 3 is 2.67 bits per heavy atom. The molecule has 2 heterocycles. The van der Waals surface area contributed by atoms with Crippen molar-refractivity contribution in [3.8, 4) is 0 Å². The molecule has 1 N–H and O–H groups in total. The van der Waals surface area contributed by atoms with Crippen LogP contribution in [0.3, 0.4) is 0 Å². The van der Waals surface area contributed by atoms with Gasteiger partial charge in [0.15, 0.2) is 5.82 Å². The maximum atomic E-state index is 12.9. The molecule has 0 spiro atoms. The van der Waals surface area contributed by atoms with Crippen molar-refractivity contribution in [2.24, 2.45) is 0 Å². The fraction of sp³-hybridized carbons (Fsp3) is 0.235. The third-order valence-corrected chi connectivity index (χ3v) is 4.11. The minimum atomic E-state index is -0.749. The van der Waals surface area contributed by atoms with E-state index in [2.05, 4.69) is 15.5 Å². The second-order valence-electron chi connectivity index (χ2n) is 6.01. The van der Waals surface area contributed by atoms with E-state index in [9.17, 15) is 19.3 Å². The number of hydrogen-bond acceptors (Lipinski definition) is 5. The SMILES string of the molecule is Cc1c([N+](=O)[O-])cnn1C(C)C(=O)Nc1ccn(Cc2ccc(F)cc2)n1. The Bertz CT molecular complexity index is 979. The van der Waals surface area contributed by atoms with Gasteiger partial charge in [0.05, 0.1) is 11.5 Å². The van der Waals surface area contributed by atoms with Crippen LogP contribution in [-0.4, -0.2) is 30.4 Å². The van der Waals surface area contributed by atoms with Crippen LogP contribution in [0, 0.1) is 22.9 Å². The van der Waals surface area contributed by atoms with E-state index in [4.69, 9.17) is 0 Å². The fourth-order valence-corrected chi connectivity index (χ4v) is 2.62. The molecule has 0 bridgehead atoms. The van der Waals surface area contributed by atoms with E-state index in [1.54, 1.807) is 36.0 Å². The van der Waals surface area contributed by atoms with Gasteiger partial charge in [-0.05, 0) is 31.5 Å². The molecule has 2 aromatic heterocycles. The van der Waals surface area contributed by atoms with Crippen LogP contribution < -0.4 is 5.32 Å². The Morgan fingerprint density at radius 2 is 2.04 bits per heavy atom. The average molecular weight is 372 g/mol. The number of carbonyl (C=O) groups is 1. The van der Waals surface area contributed by atoms with Gasteiger partial charge in [0.25, 0.3) is 0 Å². The lowest BCUT2D eigenvalue weighted by molar-refractivity contribution is -0.385. The monoisotopic (exact) mass is 372 g/mol. The van der Waals surface area contributed by atoms with Crippen molar-refractivity contribution < 1.29 is 14.1 Å². The molecule has 0 aliphatic rings. The molecule has 0 saturated heterocycles. The van der Waals surface area contributed by atoms with Gasteiger partial charge in [0.2, 0.25) is 5.91 Å². The predicted octanol–water partition coefficient (Wildman–Crippen LogP) is 2.68. The molecular formula is C17H17FN6O3. The van der Waals surface area contributed by atoms with E-state index in [0.717, 1.165) is 11.8 Å². The molecule has 0 aliphatic carbocycles. The molecule has 0 aliphatic heterocycles. The third kappa shape index (κ3) is 4.00. The summed E-state index contributed by atoms with van der Waals surface area (Å²) in [5.74, 6) is -0.369. The Labute approximate surface area is 153 Å². The minimum Gasteiger partial charge on any atom is -0.307 e. The molecule has 140 valence electrons. The van der Waals surface area contributed by atoms with Crippen LogP contribution in [0.1, 0.15) is 24.2 Å². The Morgan fingerprint density at radius 1 is 1.33 bits per heavy atom. The molecule has 27 heavy (non-hydrogen) atoms. The molecule has 1 amide bonds. The number of anilines is 1. The van der Waals surface area contributed by atoms with E-state index in [1.807, 2.05) is 0 Å². The van der Waals surface area contributed by atoms with Crippen LogP contribution >= 0.6 is 0 Å². The minimum absolute atomic E-state index is 0.141. The van der Waals surface area contributed by atoms with Gasteiger partial charge in [0.1, 0.15) is 23.7 Å². The summed E-state index contributed by atoms with van der Waals surface area (Å²) >= 11 is 0. The van der Waals surface area contributed by atoms with Gasteiger partial charge in [-0.15, -0.1) is 0 Å². The lowest BCUT2D eigenvalue weighted by Gasteiger charge is -2.12. The lowest BCUT2D eigenvalue weighted by atomic mass is 10.2. The largest absolute Gasteiger partial charge is 0.309 e. The van der Waals surface area contributed by atoms with Crippen molar-refractivity contribution in [1.29, 1.82) is 0 Å². The van der Waals surface area contributed by atoms with E-state index in [0.29, 0.717) is 18.1 Å². The van der Waals surface area contributed by atoms with Crippen molar-refractivity contribution in [3.63, 3.8) is 0 Å². The van der Waals surface area contributed by atoms with Gasteiger partial charge in [-0.1, -0.05) is 12.1 Å². The molecular weight excluding hydrogens is 355 g/mol. The smallest absolute Gasteiger partial charge is 0.307 e. The first-order chi connectivity index (χ1) is 12.8. The number of aromatic nitrogens is 4. The van der Waals surface area contributed by atoms with Crippen LogP contribution in [0.2, 0.25) is 0 Å². The fourth-order valence-electron chi connectivity index (χ4n) is 2.62. The highest BCUT2D eigenvalue weighted by atomic mass is 19.1. The van der Waals surface area contributed by atoms with Crippen molar-refractivity contribution in [3.05, 3.63) is 69.9 Å².